The van der Waals surface area contributed by atoms with Crippen molar-refractivity contribution >= 4 is 63.9 Å². The minimum absolute atomic E-state index is 0.105. The third kappa shape index (κ3) is 9.07. The average Bonchev–Trinajstić information content (AvgIpc) is 3.60. The van der Waals surface area contributed by atoms with Crippen molar-refractivity contribution in [2.45, 2.75) is 95.4 Å². The highest BCUT2D eigenvalue weighted by Crippen LogP contribution is 2.44. The molecule has 2 aromatic carbocycles. The van der Waals surface area contributed by atoms with Gasteiger partial charge in [0.25, 0.3) is 0 Å². The largest absolute Gasteiger partial charge is 0.374 e. The van der Waals surface area contributed by atoms with Crippen molar-refractivity contribution in [3.63, 3.8) is 0 Å². The van der Waals surface area contributed by atoms with Gasteiger partial charge in [0, 0.05) is 62.5 Å². The number of hydrogen-bond acceptors (Lipinski definition) is 10. The number of hydrogen-bond donors (Lipinski definition) is 3. The van der Waals surface area contributed by atoms with Crippen LogP contribution in [0.1, 0.15) is 95.0 Å². The van der Waals surface area contributed by atoms with Crippen molar-refractivity contribution in [1.82, 2.24) is 25.2 Å². The second kappa shape index (κ2) is 17.8. The molecule has 13 nitrogen and oxygen atoms in total. The van der Waals surface area contributed by atoms with Gasteiger partial charge < -0.3 is 25.3 Å². The van der Waals surface area contributed by atoms with Crippen LogP contribution in [-0.2, 0) is 19.2 Å². The molecule has 0 bridgehead atoms. The zero-order chi connectivity index (χ0) is 41.9. The summed E-state index contributed by atoms with van der Waals surface area (Å²) in [6.45, 7) is 3.54. The summed E-state index contributed by atoms with van der Waals surface area (Å²) in [5.41, 5.74) is 5.87. The van der Waals surface area contributed by atoms with E-state index in [2.05, 4.69) is 61.2 Å². The Morgan fingerprint density at radius 3 is 2.36 bits per heavy atom. The molecular weight excluding hydrogens is 790 g/mol. The highest BCUT2D eigenvalue weighted by Gasteiger charge is 2.49. The molecule has 0 unspecified atom stereocenters. The third-order valence-electron chi connectivity index (χ3n) is 13.7. The molecule has 1 atom stereocenters. The maximum atomic E-state index is 14.1. The average molecular weight is 844 g/mol. The molecule has 14 heteroatoms. The van der Waals surface area contributed by atoms with Crippen molar-refractivity contribution in [1.29, 1.82) is 0 Å². The molecule has 5 fully saturated rings. The fourth-order valence-corrected chi connectivity index (χ4v) is 10.3. The fraction of sp³-hybridized carbons (Fsp3) is 0.468. The van der Waals surface area contributed by atoms with Gasteiger partial charge in [-0.1, -0.05) is 49.1 Å². The number of amides is 4. The fourth-order valence-electron chi connectivity index (χ4n) is 10.1. The van der Waals surface area contributed by atoms with Gasteiger partial charge in [0.05, 0.1) is 46.1 Å². The first-order chi connectivity index (χ1) is 29.7. The summed E-state index contributed by atoms with van der Waals surface area (Å²) in [6, 6.07) is 18.1. The number of likely N-dealkylation sites (tertiary alicyclic amines) is 1. The second-order valence-corrected chi connectivity index (χ2v) is 18.0. The molecule has 3 N–H and O–H groups in total. The number of pyridine rings is 1. The lowest BCUT2D eigenvalue weighted by Crippen LogP contribution is -2.47. The van der Waals surface area contributed by atoms with Crippen molar-refractivity contribution < 1.29 is 19.2 Å². The molecule has 61 heavy (non-hydrogen) atoms. The first kappa shape index (κ1) is 40.8. The number of nitrogens with zero attached hydrogens (tertiary/aromatic N) is 6. The number of piperidine rings is 3. The molecular formula is C47H54ClN9O4. The Morgan fingerprint density at radius 1 is 0.820 bits per heavy atom. The maximum absolute atomic E-state index is 14.1. The molecule has 318 valence electrons. The van der Waals surface area contributed by atoms with Gasteiger partial charge in [-0.3, -0.25) is 29.5 Å². The van der Waals surface area contributed by atoms with Crippen LogP contribution in [0.25, 0.3) is 11.3 Å². The number of benzene rings is 2. The summed E-state index contributed by atoms with van der Waals surface area (Å²) in [5, 5.41) is 9.41. The zero-order valence-electron chi connectivity index (χ0n) is 34.6. The highest BCUT2D eigenvalue weighted by atomic mass is 35.5. The van der Waals surface area contributed by atoms with Gasteiger partial charge in [-0.2, -0.15) is 0 Å². The molecule has 1 spiro atoms. The quantitative estimate of drug-likeness (QED) is 0.135. The molecule has 1 saturated carbocycles. The van der Waals surface area contributed by atoms with Crippen molar-refractivity contribution in [3.05, 3.63) is 83.8 Å². The van der Waals surface area contributed by atoms with Gasteiger partial charge in [-0.15, -0.1) is 0 Å². The van der Waals surface area contributed by atoms with E-state index in [1.54, 1.807) is 18.6 Å². The topological polar surface area (TPSA) is 153 Å². The Bertz CT molecular complexity index is 2270. The molecule has 0 radical (unpaired) electrons. The van der Waals surface area contributed by atoms with Crippen LogP contribution in [0.5, 0.6) is 0 Å². The Kier molecular flexibility index (Phi) is 11.9. The number of imide groups is 1. The van der Waals surface area contributed by atoms with E-state index < -0.39 is 11.5 Å². The van der Waals surface area contributed by atoms with Crippen LogP contribution in [0.15, 0.2) is 73.2 Å². The van der Waals surface area contributed by atoms with E-state index in [1.807, 2.05) is 34.1 Å². The van der Waals surface area contributed by atoms with E-state index in [-0.39, 0.29) is 23.6 Å². The molecule has 4 aliphatic heterocycles. The molecule has 4 aromatic rings. The number of aromatic nitrogens is 3. The summed E-state index contributed by atoms with van der Waals surface area (Å²) in [6.07, 6.45) is 16.7. The highest BCUT2D eigenvalue weighted by molar-refractivity contribution is 6.32. The van der Waals surface area contributed by atoms with Crippen LogP contribution in [0.2, 0.25) is 5.02 Å². The molecule has 9 rings (SSSR count). The van der Waals surface area contributed by atoms with E-state index in [1.165, 1.54) is 37.7 Å². The maximum Gasteiger partial charge on any atom is 0.249 e. The minimum atomic E-state index is -0.473. The predicted molar refractivity (Wildman–Crippen MR) is 237 cm³/mol. The van der Waals surface area contributed by atoms with Gasteiger partial charge in [-0.25, -0.2) is 9.97 Å². The van der Waals surface area contributed by atoms with Crippen molar-refractivity contribution in [2.75, 3.05) is 53.2 Å². The summed E-state index contributed by atoms with van der Waals surface area (Å²) in [4.78, 5) is 71.2. The minimum Gasteiger partial charge on any atom is -0.374 e. The van der Waals surface area contributed by atoms with Crippen LogP contribution >= 0.6 is 11.6 Å². The van der Waals surface area contributed by atoms with E-state index in [9.17, 15) is 19.2 Å². The number of halogens is 1. The smallest absolute Gasteiger partial charge is 0.249 e. The standard InChI is InChI=1S/C47H54ClN9O4/c48-39-30-50-46(54-43(39)34-8-4-7-33(26-34)32-5-2-1-3-6-32)52-36-27-38(29-49-28-36)57-24-19-47(45(57)61)17-22-56(23-18-47)42(59)25-31-15-20-55(21-16-31)37-11-9-35(10-12-37)51-40-13-14-41(58)53-44(40)60/h4,7-12,26-32,40,51H,1-3,5-6,13-25H2,(H,50,52,54)(H,53,58,60)/t40-/m0/s1. The van der Waals surface area contributed by atoms with E-state index in [0.717, 1.165) is 55.0 Å². The first-order valence-electron chi connectivity index (χ1n) is 22.1. The number of rotatable bonds is 10. The molecule has 1 aliphatic carbocycles. The van der Waals surface area contributed by atoms with E-state index in [4.69, 9.17) is 16.6 Å². The zero-order valence-corrected chi connectivity index (χ0v) is 35.3. The van der Waals surface area contributed by atoms with Gasteiger partial charge >= 0.3 is 0 Å². The lowest BCUT2D eigenvalue weighted by molar-refractivity contribution is -0.138. The normalized spacial score (nSPS) is 21.2. The van der Waals surface area contributed by atoms with Crippen molar-refractivity contribution in [2.24, 2.45) is 11.3 Å². The van der Waals surface area contributed by atoms with Gasteiger partial charge in [0.2, 0.25) is 29.6 Å². The molecule has 4 saturated heterocycles. The Balaban J connectivity index is 0.752. The molecule has 4 amide bonds. The SMILES string of the molecule is O=C1CC[C@H](Nc2ccc(N3CCC(CC(=O)N4CCC5(CC4)CCN(c4cncc(Nc6ncc(Cl)c(-c7cccc(C8CCCCC8)c7)n6)c4)C5=O)CC3)cc2)C(=O)N1. The summed E-state index contributed by atoms with van der Waals surface area (Å²) in [5.74, 6) is 1.09. The summed E-state index contributed by atoms with van der Waals surface area (Å²) in [7, 11) is 0. The van der Waals surface area contributed by atoms with Gasteiger partial charge in [0.1, 0.15) is 6.04 Å². The monoisotopic (exact) mass is 843 g/mol. The summed E-state index contributed by atoms with van der Waals surface area (Å²) >= 11 is 6.65. The summed E-state index contributed by atoms with van der Waals surface area (Å²) < 4.78 is 0. The number of anilines is 5. The number of carbonyl (C=O) groups is 4. The van der Waals surface area contributed by atoms with Crippen LogP contribution < -0.4 is 25.8 Å². The predicted octanol–water partition coefficient (Wildman–Crippen LogP) is 7.85. The molecule has 5 aliphatic rings. The van der Waals surface area contributed by atoms with Crippen LogP contribution in [0.3, 0.4) is 0 Å². The van der Waals surface area contributed by atoms with Gasteiger partial charge in [0.15, 0.2) is 0 Å². The second-order valence-electron chi connectivity index (χ2n) is 17.6. The molecule has 2 aromatic heterocycles. The first-order valence-corrected chi connectivity index (χ1v) is 22.5. The van der Waals surface area contributed by atoms with Crippen LogP contribution in [0, 0.1) is 11.3 Å². The van der Waals surface area contributed by atoms with E-state index in [0.29, 0.717) is 85.9 Å². The Labute approximate surface area is 362 Å². The van der Waals surface area contributed by atoms with Crippen LogP contribution in [-0.4, -0.2) is 82.2 Å². The molecule has 6 heterocycles. The van der Waals surface area contributed by atoms with Crippen LogP contribution in [0.4, 0.5) is 28.7 Å². The van der Waals surface area contributed by atoms with E-state index >= 15 is 0 Å². The Hall–Kier alpha value is -5.56. The Morgan fingerprint density at radius 2 is 1.59 bits per heavy atom. The third-order valence-corrected chi connectivity index (χ3v) is 14.0. The number of carbonyl (C=O) groups excluding carboxylic acids is 4. The lowest BCUT2D eigenvalue weighted by atomic mass is 9.77. The van der Waals surface area contributed by atoms with Crippen molar-refractivity contribution in [3.8, 4) is 11.3 Å². The lowest BCUT2D eigenvalue weighted by Gasteiger charge is -2.39. The van der Waals surface area contributed by atoms with Gasteiger partial charge in [-0.05, 0) is 105 Å². The number of nitrogens with one attached hydrogen (secondary N) is 3.